The Labute approximate surface area is 139 Å². The normalized spacial score (nSPS) is 10.9. The Bertz CT molecular complexity index is 875. The summed E-state index contributed by atoms with van der Waals surface area (Å²) >= 11 is 12.6. The van der Waals surface area contributed by atoms with Crippen molar-refractivity contribution >= 4 is 39.7 Å². The van der Waals surface area contributed by atoms with Crippen molar-refractivity contribution in [3.63, 3.8) is 0 Å². The minimum atomic E-state index is 0.538. The van der Waals surface area contributed by atoms with Gasteiger partial charge in [-0.25, -0.2) is 0 Å². The van der Waals surface area contributed by atoms with Crippen molar-refractivity contribution in [2.45, 2.75) is 13.8 Å². The molecule has 0 atom stereocenters. The van der Waals surface area contributed by atoms with Crippen LogP contribution in [0.1, 0.15) is 11.1 Å². The molecule has 2 nitrogen and oxygen atoms in total. The van der Waals surface area contributed by atoms with E-state index in [9.17, 15) is 0 Å². The molecule has 0 amide bonds. The van der Waals surface area contributed by atoms with Crippen LogP contribution < -0.4 is 10.5 Å². The summed E-state index contributed by atoms with van der Waals surface area (Å²) in [6.45, 7) is 3.80. The molecule has 0 unspecified atom stereocenters. The van der Waals surface area contributed by atoms with Crippen LogP contribution in [0.25, 0.3) is 10.8 Å². The monoisotopic (exact) mass is 331 g/mol. The number of ether oxygens (including phenoxy) is 1. The molecule has 3 aromatic carbocycles. The van der Waals surface area contributed by atoms with E-state index >= 15 is 0 Å². The summed E-state index contributed by atoms with van der Waals surface area (Å²) in [6.07, 6.45) is 0. The lowest BCUT2D eigenvalue weighted by molar-refractivity contribution is 0.484. The largest absolute Gasteiger partial charge is 0.455 e. The van der Waals surface area contributed by atoms with Crippen molar-refractivity contribution in [1.82, 2.24) is 0 Å². The lowest BCUT2D eigenvalue weighted by Gasteiger charge is -2.16. The van der Waals surface area contributed by atoms with E-state index in [1.807, 2.05) is 56.3 Å². The van der Waals surface area contributed by atoms with Gasteiger partial charge in [-0.2, -0.15) is 0 Å². The van der Waals surface area contributed by atoms with Gasteiger partial charge in [0.2, 0.25) is 0 Å². The molecule has 0 bridgehead atoms. The van der Waals surface area contributed by atoms with Gasteiger partial charge in [-0.3, -0.25) is 0 Å². The highest BCUT2D eigenvalue weighted by atomic mass is 35.5. The fourth-order valence-corrected chi connectivity index (χ4v) is 2.96. The SMILES string of the molecule is Cc1cc(N)c(C)c(Cl)c1Oc1ccc(Cl)c2ccccc12. The Morgan fingerprint density at radius 3 is 2.36 bits per heavy atom. The van der Waals surface area contributed by atoms with Gasteiger partial charge in [-0.1, -0.05) is 47.5 Å². The maximum Gasteiger partial charge on any atom is 0.149 e. The molecule has 0 fully saturated rings. The molecule has 3 rings (SSSR count). The number of nitrogens with two attached hydrogens (primary N) is 1. The Morgan fingerprint density at radius 1 is 0.955 bits per heavy atom. The molecule has 0 aliphatic rings. The number of benzene rings is 3. The first-order valence-electron chi connectivity index (χ1n) is 6.89. The number of anilines is 1. The van der Waals surface area contributed by atoms with Crippen LogP contribution in [0.5, 0.6) is 11.5 Å². The van der Waals surface area contributed by atoms with Crippen LogP contribution in [-0.4, -0.2) is 0 Å². The minimum absolute atomic E-state index is 0.538. The van der Waals surface area contributed by atoms with E-state index in [4.69, 9.17) is 33.7 Å². The Morgan fingerprint density at radius 2 is 1.64 bits per heavy atom. The van der Waals surface area contributed by atoms with Crippen molar-refractivity contribution in [2.24, 2.45) is 0 Å². The quantitative estimate of drug-likeness (QED) is 0.572. The predicted molar refractivity (Wildman–Crippen MR) is 94.4 cm³/mol. The number of hydrogen-bond acceptors (Lipinski definition) is 2. The van der Waals surface area contributed by atoms with Crippen LogP contribution in [0.2, 0.25) is 10.0 Å². The van der Waals surface area contributed by atoms with E-state index in [1.165, 1.54) is 0 Å². The maximum atomic E-state index is 6.41. The molecule has 0 aliphatic carbocycles. The Kier molecular flexibility index (Phi) is 3.90. The van der Waals surface area contributed by atoms with Gasteiger partial charge in [0.05, 0.1) is 5.02 Å². The van der Waals surface area contributed by atoms with Crippen molar-refractivity contribution in [2.75, 3.05) is 5.73 Å². The van der Waals surface area contributed by atoms with Crippen LogP contribution >= 0.6 is 23.2 Å². The molecule has 2 N–H and O–H groups in total. The van der Waals surface area contributed by atoms with E-state index < -0.39 is 0 Å². The number of halogens is 2. The first kappa shape index (κ1) is 15.0. The molecule has 0 aromatic heterocycles. The van der Waals surface area contributed by atoms with Gasteiger partial charge in [0, 0.05) is 21.5 Å². The lowest BCUT2D eigenvalue weighted by atomic mass is 10.1. The highest BCUT2D eigenvalue weighted by Crippen LogP contribution is 2.40. The molecule has 4 heteroatoms. The Balaban J connectivity index is 2.16. The topological polar surface area (TPSA) is 35.2 Å². The lowest BCUT2D eigenvalue weighted by Crippen LogP contribution is -1.96. The molecule has 0 radical (unpaired) electrons. The van der Waals surface area contributed by atoms with Crippen LogP contribution in [0.15, 0.2) is 42.5 Å². The van der Waals surface area contributed by atoms with Crippen LogP contribution in [0.3, 0.4) is 0 Å². The molecule has 0 heterocycles. The summed E-state index contributed by atoms with van der Waals surface area (Å²) in [7, 11) is 0. The van der Waals surface area contributed by atoms with Gasteiger partial charge in [0.1, 0.15) is 11.5 Å². The second-order valence-corrected chi connectivity index (χ2v) is 6.03. The summed E-state index contributed by atoms with van der Waals surface area (Å²) in [4.78, 5) is 0. The zero-order valence-corrected chi connectivity index (χ0v) is 13.8. The third-order valence-corrected chi connectivity index (χ3v) is 4.52. The summed E-state index contributed by atoms with van der Waals surface area (Å²) < 4.78 is 6.10. The van der Waals surface area contributed by atoms with Crippen molar-refractivity contribution in [3.8, 4) is 11.5 Å². The van der Waals surface area contributed by atoms with Crippen molar-refractivity contribution < 1.29 is 4.74 Å². The number of hydrogen-bond donors (Lipinski definition) is 1. The Hall–Kier alpha value is -1.90. The third kappa shape index (κ3) is 2.49. The van der Waals surface area contributed by atoms with Crippen molar-refractivity contribution in [3.05, 3.63) is 63.6 Å². The summed E-state index contributed by atoms with van der Waals surface area (Å²) in [5.41, 5.74) is 8.31. The summed E-state index contributed by atoms with van der Waals surface area (Å²) in [6, 6.07) is 13.4. The second kappa shape index (κ2) is 5.71. The van der Waals surface area contributed by atoms with Gasteiger partial charge in [0.25, 0.3) is 0 Å². The smallest absolute Gasteiger partial charge is 0.149 e. The standard InChI is InChI=1S/C18H15Cl2NO/c1-10-9-15(21)11(2)17(20)18(10)22-16-8-7-14(19)12-5-3-4-6-13(12)16/h3-9H,21H2,1-2H3. The molecule has 22 heavy (non-hydrogen) atoms. The minimum Gasteiger partial charge on any atom is -0.455 e. The highest BCUT2D eigenvalue weighted by Gasteiger charge is 2.14. The zero-order chi connectivity index (χ0) is 15.9. The number of nitrogen functional groups attached to an aromatic ring is 1. The van der Waals surface area contributed by atoms with E-state index in [2.05, 4.69) is 0 Å². The summed E-state index contributed by atoms with van der Waals surface area (Å²) in [5, 5.41) is 3.12. The number of rotatable bonds is 2. The van der Waals surface area contributed by atoms with Gasteiger partial charge >= 0.3 is 0 Å². The van der Waals surface area contributed by atoms with Crippen molar-refractivity contribution in [1.29, 1.82) is 0 Å². The molecule has 112 valence electrons. The molecule has 0 saturated heterocycles. The molecule has 0 aliphatic heterocycles. The van der Waals surface area contributed by atoms with Gasteiger partial charge < -0.3 is 10.5 Å². The maximum absolute atomic E-state index is 6.41. The first-order chi connectivity index (χ1) is 10.5. The molecule has 0 spiro atoms. The van der Waals surface area contributed by atoms with Gasteiger partial charge in [-0.05, 0) is 43.2 Å². The van der Waals surface area contributed by atoms with Crippen LogP contribution in [0.4, 0.5) is 5.69 Å². The van der Waals surface area contributed by atoms with E-state index in [1.54, 1.807) is 0 Å². The van der Waals surface area contributed by atoms with E-state index in [-0.39, 0.29) is 0 Å². The molecule has 3 aromatic rings. The van der Waals surface area contributed by atoms with Crippen LogP contribution in [-0.2, 0) is 0 Å². The zero-order valence-electron chi connectivity index (χ0n) is 12.3. The third-order valence-electron chi connectivity index (χ3n) is 3.73. The van der Waals surface area contributed by atoms with Gasteiger partial charge in [0.15, 0.2) is 0 Å². The fourth-order valence-electron chi connectivity index (χ4n) is 2.44. The fraction of sp³-hybridized carbons (Fsp3) is 0.111. The average molecular weight is 332 g/mol. The molecule has 0 saturated carbocycles. The summed E-state index contributed by atoms with van der Waals surface area (Å²) in [5.74, 6) is 1.34. The number of fused-ring (bicyclic) bond motifs is 1. The highest BCUT2D eigenvalue weighted by molar-refractivity contribution is 6.35. The molecular weight excluding hydrogens is 317 g/mol. The van der Waals surface area contributed by atoms with E-state index in [0.717, 1.165) is 21.9 Å². The first-order valence-corrected chi connectivity index (χ1v) is 7.65. The molecular formula is C18H15Cl2NO. The average Bonchev–Trinajstić information content (AvgIpc) is 2.52. The number of aryl methyl sites for hydroxylation is 1. The van der Waals surface area contributed by atoms with Gasteiger partial charge in [-0.15, -0.1) is 0 Å². The van der Waals surface area contributed by atoms with Crippen LogP contribution in [0, 0.1) is 13.8 Å². The second-order valence-electron chi connectivity index (χ2n) is 5.24. The van der Waals surface area contributed by atoms with E-state index in [0.29, 0.717) is 27.2 Å². The predicted octanol–water partition coefficient (Wildman–Crippen LogP) is 6.14.